The van der Waals surface area contributed by atoms with Crippen molar-refractivity contribution in [3.63, 3.8) is 0 Å². The highest BCUT2D eigenvalue weighted by molar-refractivity contribution is 4.76. The van der Waals surface area contributed by atoms with Crippen LogP contribution in [0.4, 0.5) is 0 Å². The Bertz CT molecular complexity index is 176. The second kappa shape index (κ2) is 7.25. The molecule has 1 heterocycles. The second-order valence-corrected chi connectivity index (χ2v) is 5.50. The molecule has 1 saturated heterocycles. The van der Waals surface area contributed by atoms with Crippen molar-refractivity contribution in [3.8, 4) is 0 Å². The lowest BCUT2D eigenvalue weighted by Gasteiger charge is -2.35. The molecule has 1 atom stereocenters. The van der Waals surface area contributed by atoms with Crippen LogP contribution >= 0.6 is 0 Å². The summed E-state index contributed by atoms with van der Waals surface area (Å²) in [5, 5.41) is 0. The largest absolute Gasteiger partial charge is 0.330 e. The van der Waals surface area contributed by atoms with Gasteiger partial charge in [0.2, 0.25) is 0 Å². The molecule has 1 unspecified atom stereocenters. The van der Waals surface area contributed by atoms with Crippen LogP contribution in [-0.4, -0.2) is 56.1 Å². The van der Waals surface area contributed by atoms with Gasteiger partial charge in [-0.05, 0) is 71.9 Å². The highest BCUT2D eigenvalue weighted by Gasteiger charge is 2.19. The average molecular weight is 227 g/mol. The lowest BCUT2D eigenvalue weighted by Crippen LogP contribution is -2.42. The molecule has 0 bridgehead atoms. The third-order valence-corrected chi connectivity index (χ3v) is 3.92. The Kier molecular flexibility index (Phi) is 6.32. The monoisotopic (exact) mass is 227 g/mol. The molecule has 1 fully saturated rings. The maximum atomic E-state index is 5.63. The van der Waals surface area contributed by atoms with Crippen molar-refractivity contribution in [1.29, 1.82) is 0 Å². The molecule has 0 aromatic rings. The van der Waals surface area contributed by atoms with Crippen LogP contribution in [0.5, 0.6) is 0 Å². The maximum absolute atomic E-state index is 5.63. The molecule has 0 aromatic carbocycles. The van der Waals surface area contributed by atoms with Crippen LogP contribution in [0.3, 0.4) is 0 Å². The summed E-state index contributed by atoms with van der Waals surface area (Å²) in [6.45, 7) is 6.83. The minimum atomic E-state index is 0.686. The number of hydrogen-bond acceptors (Lipinski definition) is 3. The SMILES string of the molecule is CC(CN)CCCN(C)C1CCN(C)CC1. The standard InChI is InChI=1S/C13H29N3/c1-12(11-14)5-4-8-16(3)13-6-9-15(2)10-7-13/h12-13H,4-11,14H2,1-3H3. The number of nitrogens with two attached hydrogens (primary N) is 1. The van der Waals surface area contributed by atoms with Crippen LogP contribution in [0.2, 0.25) is 0 Å². The lowest BCUT2D eigenvalue weighted by atomic mass is 10.0. The van der Waals surface area contributed by atoms with Crippen LogP contribution in [-0.2, 0) is 0 Å². The molecule has 0 aliphatic carbocycles. The van der Waals surface area contributed by atoms with E-state index in [0.29, 0.717) is 5.92 Å². The van der Waals surface area contributed by atoms with Crippen LogP contribution < -0.4 is 5.73 Å². The van der Waals surface area contributed by atoms with Crippen molar-refractivity contribution in [2.24, 2.45) is 11.7 Å². The Labute approximate surface area is 101 Å². The van der Waals surface area contributed by atoms with Crippen LogP contribution in [0.1, 0.15) is 32.6 Å². The first-order chi connectivity index (χ1) is 7.63. The molecule has 0 spiro atoms. The first-order valence-electron chi connectivity index (χ1n) is 6.72. The van der Waals surface area contributed by atoms with Gasteiger partial charge in [-0.2, -0.15) is 0 Å². The average Bonchev–Trinajstić information content (AvgIpc) is 2.29. The molecule has 1 aliphatic rings. The highest BCUT2D eigenvalue weighted by atomic mass is 15.2. The third kappa shape index (κ3) is 4.81. The smallest absolute Gasteiger partial charge is 0.0117 e. The van der Waals surface area contributed by atoms with E-state index in [2.05, 4.69) is 30.8 Å². The number of piperidine rings is 1. The van der Waals surface area contributed by atoms with Gasteiger partial charge in [0.15, 0.2) is 0 Å². The number of nitrogens with zero attached hydrogens (tertiary/aromatic N) is 2. The van der Waals surface area contributed by atoms with E-state index in [1.54, 1.807) is 0 Å². The van der Waals surface area contributed by atoms with Gasteiger partial charge in [-0.3, -0.25) is 0 Å². The molecule has 96 valence electrons. The summed E-state index contributed by atoms with van der Waals surface area (Å²) in [4.78, 5) is 4.98. The predicted octanol–water partition coefficient (Wildman–Crippen LogP) is 1.39. The third-order valence-electron chi connectivity index (χ3n) is 3.92. The van der Waals surface area contributed by atoms with Gasteiger partial charge >= 0.3 is 0 Å². The maximum Gasteiger partial charge on any atom is 0.0117 e. The molecule has 16 heavy (non-hydrogen) atoms. The normalized spacial score (nSPS) is 21.6. The zero-order valence-corrected chi connectivity index (χ0v) is 11.3. The Hall–Kier alpha value is -0.120. The minimum Gasteiger partial charge on any atom is -0.330 e. The van der Waals surface area contributed by atoms with Crippen molar-refractivity contribution < 1.29 is 0 Å². The quantitative estimate of drug-likeness (QED) is 0.744. The molecule has 3 heteroatoms. The van der Waals surface area contributed by atoms with Crippen LogP contribution in [0.15, 0.2) is 0 Å². The van der Waals surface area contributed by atoms with E-state index in [1.807, 2.05) is 0 Å². The fourth-order valence-electron chi connectivity index (χ4n) is 2.43. The van der Waals surface area contributed by atoms with Gasteiger partial charge in [-0.25, -0.2) is 0 Å². The van der Waals surface area contributed by atoms with Gasteiger partial charge in [-0.1, -0.05) is 6.92 Å². The Morgan fingerprint density at radius 2 is 2.00 bits per heavy atom. The molecule has 0 aromatic heterocycles. The first kappa shape index (κ1) is 13.9. The highest BCUT2D eigenvalue weighted by Crippen LogP contribution is 2.15. The zero-order chi connectivity index (χ0) is 12.0. The van der Waals surface area contributed by atoms with Gasteiger partial charge < -0.3 is 15.5 Å². The lowest BCUT2D eigenvalue weighted by molar-refractivity contribution is 0.141. The van der Waals surface area contributed by atoms with E-state index in [0.717, 1.165) is 12.6 Å². The minimum absolute atomic E-state index is 0.686. The number of likely N-dealkylation sites (tertiary alicyclic amines) is 1. The fourth-order valence-corrected chi connectivity index (χ4v) is 2.43. The van der Waals surface area contributed by atoms with E-state index in [1.165, 1.54) is 45.3 Å². The van der Waals surface area contributed by atoms with E-state index >= 15 is 0 Å². The Morgan fingerprint density at radius 1 is 1.38 bits per heavy atom. The zero-order valence-electron chi connectivity index (χ0n) is 11.3. The molecule has 0 amide bonds. The van der Waals surface area contributed by atoms with Gasteiger partial charge in [0.1, 0.15) is 0 Å². The summed E-state index contributed by atoms with van der Waals surface area (Å²) < 4.78 is 0. The fraction of sp³-hybridized carbons (Fsp3) is 1.00. The topological polar surface area (TPSA) is 32.5 Å². The molecule has 2 N–H and O–H groups in total. The van der Waals surface area contributed by atoms with Gasteiger partial charge in [0.25, 0.3) is 0 Å². The van der Waals surface area contributed by atoms with Crippen molar-refractivity contribution in [3.05, 3.63) is 0 Å². The van der Waals surface area contributed by atoms with Gasteiger partial charge in [0.05, 0.1) is 0 Å². The summed E-state index contributed by atoms with van der Waals surface area (Å²) in [7, 11) is 4.50. The summed E-state index contributed by atoms with van der Waals surface area (Å²) in [5.41, 5.74) is 5.63. The molecular formula is C13H29N3. The Balaban J connectivity index is 2.12. The molecule has 1 rings (SSSR count). The van der Waals surface area contributed by atoms with Crippen LogP contribution in [0, 0.1) is 5.92 Å². The van der Waals surface area contributed by atoms with Crippen molar-refractivity contribution in [2.75, 3.05) is 40.3 Å². The van der Waals surface area contributed by atoms with Crippen molar-refractivity contribution >= 4 is 0 Å². The van der Waals surface area contributed by atoms with Crippen LogP contribution in [0.25, 0.3) is 0 Å². The Morgan fingerprint density at radius 3 is 2.56 bits per heavy atom. The van der Waals surface area contributed by atoms with E-state index in [4.69, 9.17) is 5.73 Å². The molecule has 3 nitrogen and oxygen atoms in total. The van der Waals surface area contributed by atoms with Crippen molar-refractivity contribution in [2.45, 2.75) is 38.6 Å². The molecule has 0 saturated carbocycles. The van der Waals surface area contributed by atoms with Gasteiger partial charge in [-0.15, -0.1) is 0 Å². The summed E-state index contributed by atoms with van der Waals surface area (Å²) >= 11 is 0. The van der Waals surface area contributed by atoms with Crippen molar-refractivity contribution in [1.82, 2.24) is 9.80 Å². The predicted molar refractivity (Wildman–Crippen MR) is 70.6 cm³/mol. The molecular weight excluding hydrogens is 198 g/mol. The first-order valence-corrected chi connectivity index (χ1v) is 6.72. The van der Waals surface area contributed by atoms with E-state index in [9.17, 15) is 0 Å². The summed E-state index contributed by atoms with van der Waals surface area (Å²) in [6, 6.07) is 0.810. The van der Waals surface area contributed by atoms with Gasteiger partial charge in [0, 0.05) is 6.04 Å². The molecule has 1 aliphatic heterocycles. The van der Waals surface area contributed by atoms with E-state index in [-0.39, 0.29) is 0 Å². The number of rotatable bonds is 6. The number of hydrogen-bond donors (Lipinski definition) is 1. The van der Waals surface area contributed by atoms with E-state index < -0.39 is 0 Å². The summed E-state index contributed by atoms with van der Waals surface area (Å²) in [6.07, 6.45) is 5.23. The summed E-state index contributed by atoms with van der Waals surface area (Å²) in [5.74, 6) is 0.686. The molecule has 0 radical (unpaired) electrons. The second-order valence-electron chi connectivity index (χ2n) is 5.50.